The van der Waals surface area contributed by atoms with Gasteiger partial charge in [-0.1, -0.05) is 29.8 Å². The van der Waals surface area contributed by atoms with Crippen LogP contribution in [0.4, 0.5) is 11.4 Å². The number of ether oxygens (including phenoxy) is 1. The van der Waals surface area contributed by atoms with E-state index in [9.17, 15) is 19.7 Å². The van der Waals surface area contributed by atoms with E-state index in [4.69, 9.17) is 16.3 Å². The summed E-state index contributed by atoms with van der Waals surface area (Å²) in [6, 6.07) is 11.0. The highest BCUT2D eigenvalue weighted by molar-refractivity contribution is 6.33. The number of hydrogen-bond donors (Lipinski definition) is 0. The number of carbonyl (C=O) groups excluding carboxylic acids is 2. The second-order valence-electron chi connectivity index (χ2n) is 6.36. The Morgan fingerprint density at radius 3 is 2.67 bits per heavy atom. The molecule has 0 fully saturated rings. The van der Waals surface area contributed by atoms with Gasteiger partial charge in [0.25, 0.3) is 11.6 Å². The van der Waals surface area contributed by atoms with Crippen molar-refractivity contribution in [3.8, 4) is 0 Å². The van der Waals surface area contributed by atoms with Crippen LogP contribution in [0.15, 0.2) is 42.5 Å². The molecule has 3 rings (SSSR count). The minimum absolute atomic E-state index is 0.0308. The van der Waals surface area contributed by atoms with Crippen LogP contribution in [-0.4, -0.2) is 28.9 Å². The molecule has 1 aliphatic rings. The van der Waals surface area contributed by atoms with Crippen LogP contribution >= 0.6 is 11.6 Å². The van der Waals surface area contributed by atoms with Crippen molar-refractivity contribution in [2.75, 3.05) is 4.90 Å². The number of halogens is 1. The fraction of sp³-hybridized carbons (Fsp3) is 0.263. The molecule has 0 unspecified atom stereocenters. The average Bonchev–Trinajstić information content (AvgIpc) is 2.96. The molecule has 0 N–H and O–H groups in total. The maximum Gasteiger partial charge on any atom is 0.340 e. The van der Waals surface area contributed by atoms with Gasteiger partial charge in [-0.2, -0.15) is 0 Å². The van der Waals surface area contributed by atoms with E-state index in [1.807, 2.05) is 31.2 Å². The van der Waals surface area contributed by atoms with Crippen LogP contribution < -0.4 is 4.90 Å². The summed E-state index contributed by atoms with van der Waals surface area (Å²) < 4.78 is 5.27. The second-order valence-corrected chi connectivity index (χ2v) is 6.77. The zero-order valence-corrected chi connectivity index (χ0v) is 15.5. The number of rotatable bonds is 4. The highest BCUT2D eigenvalue weighted by Crippen LogP contribution is 2.32. The van der Waals surface area contributed by atoms with Crippen molar-refractivity contribution >= 4 is 34.9 Å². The standard InChI is InChI=1S/C19H17ClN2O5/c1-11-9-13-5-3-4-6-17(13)21(11)18(23)12(2)27-19(24)15-8-7-14(22(25)26)10-16(15)20/h3-8,10-12H,9H2,1-2H3/t11-,12+/m1/s1. The quantitative estimate of drug-likeness (QED) is 0.451. The molecule has 8 heteroatoms. The van der Waals surface area contributed by atoms with Crippen LogP contribution in [0, 0.1) is 10.1 Å². The third kappa shape index (κ3) is 3.64. The Bertz CT molecular complexity index is 930. The van der Waals surface area contributed by atoms with E-state index in [0.29, 0.717) is 0 Å². The van der Waals surface area contributed by atoms with Crippen molar-refractivity contribution < 1.29 is 19.2 Å². The molecule has 0 spiro atoms. The molecule has 0 bridgehead atoms. The summed E-state index contributed by atoms with van der Waals surface area (Å²) in [6.45, 7) is 3.42. The van der Waals surface area contributed by atoms with E-state index in [0.717, 1.165) is 29.8 Å². The molecule has 2 aromatic rings. The lowest BCUT2D eigenvalue weighted by molar-refractivity contribution is -0.384. The van der Waals surface area contributed by atoms with Crippen molar-refractivity contribution in [2.24, 2.45) is 0 Å². The fourth-order valence-corrected chi connectivity index (χ4v) is 3.41. The SMILES string of the molecule is C[C@H](OC(=O)c1ccc([N+](=O)[O-])cc1Cl)C(=O)N1c2ccccc2C[C@H]1C. The molecule has 1 aliphatic heterocycles. The third-order valence-electron chi connectivity index (χ3n) is 4.46. The number of nitro benzene ring substituents is 1. The molecule has 0 saturated carbocycles. The Labute approximate surface area is 160 Å². The lowest BCUT2D eigenvalue weighted by atomic mass is 10.1. The Morgan fingerprint density at radius 2 is 2.00 bits per heavy atom. The number of hydrogen-bond acceptors (Lipinski definition) is 5. The first-order chi connectivity index (χ1) is 12.8. The number of benzene rings is 2. The molecular formula is C19H17ClN2O5. The van der Waals surface area contributed by atoms with Crippen molar-refractivity contribution in [3.63, 3.8) is 0 Å². The Kier molecular flexibility index (Phi) is 5.14. The lowest BCUT2D eigenvalue weighted by Gasteiger charge is -2.26. The predicted molar refractivity (Wildman–Crippen MR) is 100 cm³/mol. The molecule has 0 saturated heterocycles. The number of non-ortho nitro benzene ring substituents is 1. The third-order valence-corrected chi connectivity index (χ3v) is 4.77. The van der Waals surface area contributed by atoms with Crippen LogP contribution in [0.25, 0.3) is 0 Å². The Balaban J connectivity index is 1.75. The summed E-state index contributed by atoms with van der Waals surface area (Å²) in [6.07, 6.45) is -0.297. The molecule has 2 atom stereocenters. The van der Waals surface area contributed by atoms with E-state index in [-0.39, 0.29) is 28.2 Å². The summed E-state index contributed by atoms with van der Waals surface area (Å²) in [5, 5.41) is 10.7. The maximum atomic E-state index is 12.8. The van der Waals surface area contributed by atoms with Crippen molar-refractivity contribution in [1.29, 1.82) is 0 Å². The van der Waals surface area contributed by atoms with Crippen LogP contribution in [0.5, 0.6) is 0 Å². The number of amides is 1. The van der Waals surface area contributed by atoms with E-state index in [1.54, 1.807) is 4.90 Å². The smallest absolute Gasteiger partial charge is 0.340 e. The zero-order chi connectivity index (χ0) is 19.7. The summed E-state index contributed by atoms with van der Waals surface area (Å²) in [4.78, 5) is 37.0. The molecule has 0 radical (unpaired) electrons. The topological polar surface area (TPSA) is 89.7 Å². The largest absolute Gasteiger partial charge is 0.449 e. The number of anilines is 1. The van der Waals surface area contributed by atoms with Gasteiger partial charge < -0.3 is 9.64 Å². The Morgan fingerprint density at radius 1 is 1.30 bits per heavy atom. The lowest BCUT2D eigenvalue weighted by Crippen LogP contribution is -2.43. The summed E-state index contributed by atoms with van der Waals surface area (Å²) in [5.41, 5.74) is 1.61. The van der Waals surface area contributed by atoms with Crippen LogP contribution in [0.1, 0.15) is 29.8 Å². The number of esters is 1. The highest BCUT2D eigenvalue weighted by Gasteiger charge is 2.34. The van der Waals surface area contributed by atoms with E-state index < -0.39 is 17.0 Å². The summed E-state index contributed by atoms with van der Waals surface area (Å²) in [5.74, 6) is -1.14. The number of nitro groups is 1. The van der Waals surface area contributed by atoms with Crippen molar-refractivity contribution in [1.82, 2.24) is 0 Å². The van der Waals surface area contributed by atoms with Gasteiger partial charge in [-0.25, -0.2) is 4.79 Å². The zero-order valence-electron chi connectivity index (χ0n) is 14.7. The average molecular weight is 389 g/mol. The number of nitrogens with zero attached hydrogens (tertiary/aromatic N) is 2. The van der Waals surface area contributed by atoms with Gasteiger partial charge in [-0.3, -0.25) is 14.9 Å². The van der Waals surface area contributed by atoms with Gasteiger partial charge in [0.1, 0.15) is 0 Å². The van der Waals surface area contributed by atoms with Gasteiger partial charge in [0.05, 0.1) is 15.5 Å². The highest BCUT2D eigenvalue weighted by atomic mass is 35.5. The maximum absolute atomic E-state index is 12.8. The summed E-state index contributed by atoms with van der Waals surface area (Å²) in [7, 11) is 0. The van der Waals surface area contributed by atoms with E-state index in [2.05, 4.69) is 0 Å². The minimum Gasteiger partial charge on any atom is -0.449 e. The van der Waals surface area contributed by atoms with E-state index in [1.165, 1.54) is 13.0 Å². The van der Waals surface area contributed by atoms with Gasteiger partial charge in [-0.15, -0.1) is 0 Å². The minimum atomic E-state index is -1.03. The number of carbonyl (C=O) groups is 2. The summed E-state index contributed by atoms with van der Waals surface area (Å²) >= 11 is 5.95. The normalized spacial score (nSPS) is 16.6. The first-order valence-electron chi connectivity index (χ1n) is 8.35. The van der Waals surface area contributed by atoms with Gasteiger partial charge in [0.2, 0.25) is 0 Å². The molecule has 140 valence electrons. The number of para-hydroxylation sites is 1. The van der Waals surface area contributed by atoms with Crippen LogP contribution in [0.2, 0.25) is 5.02 Å². The van der Waals surface area contributed by atoms with Gasteiger partial charge in [-0.05, 0) is 38.0 Å². The second kappa shape index (κ2) is 7.36. The molecule has 27 heavy (non-hydrogen) atoms. The first kappa shape index (κ1) is 18.8. The molecule has 1 heterocycles. The molecule has 0 aliphatic carbocycles. The van der Waals surface area contributed by atoms with Gasteiger partial charge in [0.15, 0.2) is 6.10 Å². The van der Waals surface area contributed by atoms with Crippen molar-refractivity contribution in [2.45, 2.75) is 32.4 Å². The first-order valence-corrected chi connectivity index (χ1v) is 8.73. The van der Waals surface area contributed by atoms with Crippen molar-refractivity contribution in [3.05, 3.63) is 68.7 Å². The Hall–Kier alpha value is -2.93. The molecule has 0 aromatic heterocycles. The van der Waals surface area contributed by atoms with Gasteiger partial charge in [0, 0.05) is 23.9 Å². The molecule has 1 amide bonds. The molecule has 2 aromatic carbocycles. The predicted octanol–water partition coefficient (Wildman–Crippen LogP) is 3.77. The van der Waals surface area contributed by atoms with Crippen LogP contribution in [-0.2, 0) is 16.0 Å². The molecule has 7 nitrogen and oxygen atoms in total. The van der Waals surface area contributed by atoms with Gasteiger partial charge >= 0.3 is 5.97 Å². The number of fused-ring (bicyclic) bond motifs is 1. The monoisotopic (exact) mass is 388 g/mol. The fourth-order valence-electron chi connectivity index (χ4n) is 3.15. The van der Waals surface area contributed by atoms with Crippen LogP contribution in [0.3, 0.4) is 0 Å². The van der Waals surface area contributed by atoms with E-state index >= 15 is 0 Å². The molecular weight excluding hydrogens is 372 g/mol.